The molecule has 2 N–H and O–H groups in total. The number of carboxylic acids is 1. The van der Waals surface area contributed by atoms with Crippen molar-refractivity contribution in [2.75, 3.05) is 5.32 Å². The smallest absolute Gasteiger partial charge is 0.338 e. The highest BCUT2D eigenvalue weighted by molar-refractivity contribution is 6.02. The number of rotatable bonds is 3. The molecule has 19 heavy (non-hydrogen) atoms. The van der Waals surface area contributed by atoms with Crippen LogP contribution < -0.4 is 5.32 Å². The van der Waals surface area contributed by atoms with Gasteiger partial charge in [0.2, 0.25) is 0 Å². The van der Waals surface area contributed by atoms with Crippen LogP contribution in [0.2, 0.25) is 0 Å². The summed E-state index contributed by atoms with van der Waals surface area (Å²) in [5.74, 6) is -2.86. The Morgan fingerprint density at radius 2 is 2.05 bits per heavy atom. The lowest BCUT2D eigenvalue weighted by Gasteiger charge is -2.05. The number of amides is 1. The summed E-state index contributed by atoms with van der Waals surface area (Å²) in [6, 6.07) is 3.29. The summed E-state index contributed by atoms with van der Waals surface area (Å²) < 4.78 is 13.4. The number of halogens is 1. The lowest BCUT2D eigenvalue weighted by molar-refractivity contribution is 0.0692. The average molecular weight is 261 g/mol. The molecule has 0 bridgehead atoms. The Labute approximate surface area is 106 Å². The number of nitrogens with one attached hydrogen (secondary N) is 1. The monoisotopic (exact) mass is 261 g/mol. The van der Waals surface area contributed by atoms with E-state index in [-0.39, 0.29) is 11.4 Å². The molecule has 0 radical (unpaired) electrons. The molecule has 2 rings (SSSR count). The van der Waals surface area contributed by atoms with Gasteiger partial charge in [0.1, 0.15) is 11.5 Å². The molecule has 7 heteroatoms. The lowest BCUT2D eigenvalue weighted by atomic mass is 10.2. The van der Waals surface area contributed by atoms with Gasteiger partial charge in [-0.2, -0.15) is 0 Å². The number of anilines is 1. The van der Waals surface area contributed by atoms with E-state index >= 15 is 0 Å². The molecular formula is C12H8FN3O3. The molecule has 96 valence electrons. The van der Waals surface area contributed by atoms with Crippen LogP contribution in [-0.4, -0.2) is 27.0 Å². The first-order chi connectivity index (χ1) is 9.08. The van der Waals surface area contributed by atoms with Crippen molar-refractivity contribution in [1.29, 1.82) is 0 Å². The van der Waals surface area contributed by atoms with Crippen LogP contribution in [0.4, 0.5) is 10.1 Å². The minimum Gasteiger partial charge on any atom is -0.478 e. The largest absolute Gasteiger partial charge is 0.478 e. The van der Waals surface area contributed by atoms with Crippen molar-refractivity contribution in [2.45, 2.75) is 0 Å². The first kappa shape index (κ1) is 12.6. The third kappa shape index (κ3) is 2.89. The third-order valence-electron chi connectivity index (χ3n) is 2.25. The second kappa shape index (κ2) is 5.21. The summed E-state index contributed by atoms with van der Waals surface area (Å²) in [5.41, 5.74) is -0.249. The van der Waals surface area contributed by atoms with E-state index in [0.29, 0.717) is 0 Å². The molecule has 1 aromatic heterocycles. The molecule has 1 aromatic carbocycles. The topological polar surface area (TPSA) is 92.2 Å². The average Bonchev–Trinajstić information content (AvgIpc) is 2.39. The van der Waals surface area contributed by atoms with E-state index in [0.717, 1.165) is 12.1 Å². The van der Waals surface area contributed by atoms with Gasteiger partial charge >= 0.3 is 5.97 Å². The Morgan fingerprint density at radius 1 is 1.26 bits per heavy atom. The number of aromatic carboxylic acids is 1. The van der Waals surface area contributed by atoms with Crippen LogP contribution >= 0.6 is 0 Å². The van der Waals surface area contributed by atoms with Crippen molar-refractivity contribution in [1.82, 2.24) is 9.97 Å². The highest BCUT2D eigenvalue weighted by Gasteiger charge is 2.12. The molecule has 0 aliphatic carbocycles. The highest BCUT2D eigenvalue weighted by Crippen LogP contribution is 2.15. The number of carbonyl (C=O) groups excluding carboxylic acids is 1. The molecule has 0 saturated carbocycles. The maximum Gasteiger partial charge on any atom is 0.338 e. The molecule has 0 unspecified atom stereocenters. The third-order valence-corrected chi connectivity index (χ3v) is 2.25. The SMILES string of the molecule is O=C(Nc1ccc(C(=O)O)c(F)c1)c1cnccn1. The number of benzene rings is 1. The number of carboxylic acid groups (broad SMARTS) is 1. The quantitative estimate of drug-likeness (QED) is 0.874. The maximum atomic E-state index is 13.4. The van der Waals surface area contributed by atoms with Crippen molar-refractivity contribution >= 4 is 17.6 Å². The Hall–Kier alpha value is -2.83. The zero-order valence-corrected chi connectivity index (χ0v) is 9.50. The van der Waals surface area contributed by atoms with Crippen LogP contribution in [0.25, 0.3) is 0 Å². The Bertz CT molecular complexity index is 631. The molecule has 1 amide bonds. The van der Waals surface area contributed by atoms with Crippen LogP contribution in [0.15, 0.2) is 36.8 Å². The van der Waals surface area contributed by atoms with E-state index in [4.69, 9.17) is 5.11 Å². The Kier molecular flexibility index (Phi) is 3.46. The zero-order chi connectivity index (χ0) is 13.8. The van der Waals surface area contributed by atoms with E-state index in [2.05, 4.69) is 15.3 Å². The van der Waals surface area contributed by atoms with E-state index in [1.54, 1.807) is 0 Å². The number of hydrogen-bond donors (Lipinski definition) is 2. The number of nitrogens with zero attached hydrogens (tertiary/aromatic N) is 2. The zero-order valence-electron chi connectivity index (χ0n) is 9.50. The van der Waals surface area contributed by atoms with E-state index < -0.39 is 23.3 Å². The Balaban J connectivity index is 2.19. The highest BCUT2D eigenvalue weighted by atomic mass is 19.1. The van der Waals surface area contributed by atoms with Crippen molar-refractivity contribution < 1.29 is 19.1 Å². The minimum absolute atomic E-state index is 0.0743. The van der Waals surface area contributed by atoms with Gasteiger partial charge in [-0.25, -0.2) is 14.2 Å². The molecule has 0 aliphatic heterocycles. The fraction of sp³-hybridized carbons (Fsp3) is 0. The summed E-state index contributed by atoms with van der Waals surface area (Å²) in [4.78, 5) is 29.8. The molecule has 0 fully saturated rings. The van der Waals surface area contributed by atoms with Crippen molar-refractivity contribution in [2.24, 2.45) is 0 Å². The number of carbonyl (C=O) groups is 2. The van der Waals surface area contributed by atoms with Gasteiger partial charge in [0.25, 0.3) is 5.91 Å². The number of hydrogen-bond acceptors (Lipinski definition) is 4. The van der Waals surface area contributed by atoms with Gasteiger partial charge in [0, 0.05) is 18.1 Å². The van der Waals surface area contributed by atoms with Crippen molar-refractivity contribution in [3.8, 4) is 0 Å². The van der Waals surface area contributed by atoms with E-state index in [1.807, 2.05) is 0 Å². The summed E-state index contributed by atoms with van der Waals surface area (Å²) in [5, 5.41) is 11.1. The second-order valence-corrected chi connectivity index (χ2v) is 3.54. The fourth-order valence-corrected chi connectivity index (χ4v) is 1.38. The summed E-state index contributed by atoms with van der Waals surface area (Å²) in [6.07, 6.45) is 4.03. The lowest BCUT2D eigenvalue weighted by Crippen LogP contribution is -2.14. The molecule has 0 spiro atoms. The molecule has 0 atom stereocenters. The van der Waals surface area contributed by atoms with Gasteiger partial charge in [-0.15, -0.1) is 0 Å². The predicted molar refractivity (Wildman–Crippen MR) is 63.3 cm³/mol. The first-order valence-corrected chi connectivity index (χ1v) is 5.18. The van der Waals surface area contributed by atoms with Crippen LogP contribution in [-0.2, 0) is 0 Å². The van der Waals surface area contributed by atoms with Gasteiger partial charge in [-0.1, -0.05) is 0 Å². The van der Waals surface area contributed by atoms with Crippen molar-refractivity contribution in [3.63, 3.8) is 0 Å². The van der Waals surface area contributed by atoms with Crippen LogP contribution in [0.5, 0.6) is 0 Å². The minimum atomic E-state index is -1.37. The van der Waals surface area contributed by atoms with Crippen LogP contribution in [0.1, 0.15) is 20.8 Å². The summed E-state index contributed by atoms with van der Waals surface area (Å²) in [6.45, 7) is 0. The van der Waals surface area contributed by atoms with Gasteiger partial charge in [-0.3, -0.25) is 9.78 Å². The van der Waals surface area contributed by atoms with E-state index in [1.165, 1.54) is 24.7 Å². The predicted octanol–water partition coefficient (Wildman–Crippen LogP) is 1.57. The van der Waals surface area contributed by atoms with Gasteiger partial charge < -0.3 is 10.4 Å². The molecule has 1 heterocycles. The van der Waals surface area contributed by atoms with E-state index in [9.17, 15) is 14.0 Å². The summed E-state index contributed by atoms with van der Waals surface area (Å²) in [7, 11) is 0. The van der Waals surface area contributed by atoms with Crippen molar-refractivity contribution in [3.05, 3.63) is 53.9 Å². The van der Waals surface area contributed by atoms with Gasteiger partial charge in [0.05, 0.1) is 11.8 Å². The molecular weight excluding hydrogens is 253 g/mol. The molecule has 6 nitrogen and oxygen atoms in total. The van der Waals surface area contributed by atoms with Gasteiger partial charge in [0.15, 0.2) is 0 Å². The normalized spacial score (nSPS) is 9.95. The first-order valence-electron chi connectivity index (χ1n) is 5.18. The van der Waals surface area contributed by atoms with Crippen LogP contribution in [0.3, 0.4) is 0 Å². The standard InChI is InChI=1S/C12H8FN3O3/c13-9-5-7(1-2-8(9)12(18)19)16-11(17)10-6-14-3-4-15-10/h1-6H,(H,16,17)(H,18,19). The second-order valence-electron chi connectivity index (χ2n) is 3.54. The molecule has 0 aliphatic rings. The summed E-state index contributed by atoms with van der Waals surface area (Å²) >= 11 is 0. The maximum absolute atomic E-state index is 13.4. The fourth-order valence-electron chi connectivity index (χ4n) is 1.38. The van der Waals surface area contributed by atoms with Crippen LogP contribution in [0, 0.1) is 5.82 Å². The van der Waals surface area contributed by atoms with Gasteiger partial charge in [-0.05, 0) is 18.2 Å². The Morgan fingerprint density at radius 3 is 2.63 bits per heavy atom. The molecule has 2 aromatic rings. The number of aromatic nitrogens is 2. The molecule has 0 saturated heterocycles.